The summed E-state index contributed by atoms with van der Waals surface area (Å²) in [6.07, 6.45) is 1.44. The summed E-state index contributed by atoms with van der Waals surface area (Å²) in [5, 5.41) is 2.50. The van der Waals surface area contributed by atoms with E-state index >= 15 is 0 Å². The molecule has 148 valence electrons. The molecule has 0 aliphatic carbocycles. The molecule has 0 heterocycles. The number of carbonyl (C=O) groups is 1. The fourth-order valence-electron chi connectivity index (χ4n) is 2.07. The van der Waals surface area contributed by atoms with Crippen LogP contribution in [0.3, 0.4) is 0 Å². The smallest absolute Gasteiger partial charge is 0.301 e. The molecule has 0 fully saturated rings. The maximum absolute atomic E-state index is 12.5. The van der Waals surface area contributed by atoms with Crippen molar-refractivity contribution in [3.8, 4) is 5.75 Å². The average molecular weight is 426 g/mol. The highest BCUT2D eigenvalue weighted by molar-refractivity contribution is 7.90. The molecule has 0 saturated carbocycles. The van der Waals surface area contributed by atoms with E-state index in [-0.39, 0.29) is 17.5 Å². The first-order valence-corrected chi connectivity index (χ1v) is 10.4. The Kier molecular flexibility index (Phi) is 8.95. The number of anilines is 1. The number of methoxy groups -OCH3 is 1. The number of alkyl halides is 2. The van der Waals surface area contributed by atoms with Crippen LogP contribution in [0, 0.1) is 6.92 Å². The molecule has 10 heteroatoms. The van der Waals surface area contributed by atoms with Crippen molar-refractivity contribution in [2.45, 2.75) is 25.1 Å². The zero-order chi connectivity index (χ0) is 19.9. The second kappa shape index (κ2) is 10.2. The van der Waals surface area contributed by atoms with Crippen LogP contribution in [-0.2, 0) is 10.2 Å². The minimum Gasteiger partial charge on any atom is -0.496 e. The van der Waals surface area contributed by atoms with Gasteiger partial charge in [0.1, 0.15) is 5.75 Å². The van der Waals surface area contributed by atoms with E-state index in [4.69, 9.17) is 27.9 Å². The lowest BCUT2D eigenvalue weighted by molar-refractivity contribution is 0.0950. The van der Waals surface area contributed by atoms with E-state index in [9.17, 15) is 13.2 Å². The van der Waals surface area contributed by atoms with Gasteiger partial charge in [0.25, 0.3) is 5.91 Å². The lowest BCUT2D eigenvalue weighted by atomic mass is 10.1. The molecule has 26 heavy (non-hydrogen) atoms. The molecule has 7 nitrogen and oxygen atoms in total. The number of nitrogens with zero attached hydrogens (tertiary/aromatic N) is 1. The third kappa shape index (κ3) is 6.50. The van der Waals surface area contributed by atoms with Gasteiger partial charge in [-0.15, -0.1) is 23.2 Å². The standard InChI is InChI=1S/C16H25Cl2N3O4S/c1-11-8-15(25-4)13(9-14(11)20-26(23,24)21(2)3)16(22)19-10-12(18)6-5-7-17/h8-9,12,20H,5-7,10H2,1-4H3,(H,19,22). The molecule has 1 aromatic rings. The van der Waals surface area contributed by atoms with Gasteiger partial charge in [0.05, 0.1) is 23.7 Å². The van der Waals surface area contributed by atoms with E-state index in [1.165, 1.54) is 27.3 Å². The predicted molar refractivity (Wildman–Crippen MR) is 106 cm³/mol. The Labute approximate surface area is 165 Å². The van der Waals surface area contributed by atoms with E-state index in [0.717, 1.165) is 10.7 Å². The number of hydrogen-bond donors (Lipinski definition) is 2. The number of ether oxygens (including phenoxy) is 1. The number of hydrogen-bond acceptors (Lipinski definition) is 4. The molecule has 0 aliphatic rings. The minimum atomic E-state index is -3.69. The van der Waals surface area contributed by atoms with Gasteiger partial charge in [0.2, 0.25) is 0 Å². The SMILES string of the molecule is COc1cc(C)c(NS(=O)(=O)N(C)C)cc1C(=O)NCC(Cl)CCCCl. The highest BCUT2D eigenvalue weighted by Gasteiger charge is 2.20. The molecule has 2 N–H and O–H groups in total. The number of carbonyl (C=O) groups excluding carboxylic acids is 1. The van der Waals surface area contributed by atoms with Crippen LogP contribution in [0.4, 0.5) is 5.69 Å². The Balaban J connectivity index is 3.02. The second-order valence-electron chi connectivity index (χ2n) is 5.90. The van der Waals surface area contributed by atoms with Gasteiger partial charge < -0.3 is 10.1 Å². The molecule has 1 rings (SSSR count). The monoisotopic (exact) mass is 425 g/mol. The van der Waals surface area contributed by atoms with Crippen LogP contribution in [0.25, 0.3) is 0 Å². The summed E-state index contributed by atoms with van der Waals surface area (Å²) in [6, 6.07) is 3.06. The van der Waals surface area contributed by atoms with Gasteiger partial charge in [-0.2, -0.15) is 12.7 Å². The normalized spacial score (nSPS) is 12.7. The Bertz CT molecular complexity index is 726. The minimum absolute atomic E-state index is 0.218. The molecular formula is C16H25Cl2N3O4S. The van der Waals surface area contributed by atoms with Gasteiger partial charge in [0, 0.05) is 26.5 Å². The second-order valence-corrected chi connectivity index (χ2v) is 8.78. The highest BCUT2D eigenvalue weighted by Crippen LogP contribution is 2.27. The van der Waals surface area contributed by atoms with Crippen molar-refractivity contribution < 1.29 is 17.9 Å². The summed E-state index contributed by atoms with van der Waals surface area (Å²) >= 11 is 11.8. The maximum atomic E-state index is 12.5. The first-order chi connectivity index (χ1) is 12.1. The van der Waals surface area contributed by atoms with E-state index in [1.54, 1.807) is 13.0 Å². The summed E-state index contributed by atoms with van der Waals surface area (Å²) in [5.41, 5.74) is 1.14. The zero-order valence-electron chi connectivity index (χ0n) is 15.3. The number of nitrogens with one attached hydrogen (secondary N) is 2. The summed E-state index contributed by atoms with van der Waals surface area (Å²) in [5.74, 6) is 0.460. The highest BCUT2D eigenvalue weighted by atomic mass is 35.5. The van der Waals surface area contributed by atoms with Crippen molar-refractivity contribution >= 4 is 45.0 Å². The zero-order valence-corrected chi connectivity index (χ0v) is 17.6. The lowest BCUT2D eigenvalue weighted by Gasteiger charge is -2.18. The molecule has 1 amide bonds. The van der Waals surface area contributed by atoms with Crippen molar-refractivity contribution in [2.24, 2.45) is 0 Å². The molecule has 0 saturated heterocycles. The maximum Gasteiger partial charge on any atom is 0.301 e. The fraction of sp³-hybridized carbons (Fsp3) is 0.562. The van der Waals surface area contributed by atoms with Gasteiger partial charge in [-0.25, -0.2) is 0 Å². The number of halogens is 2. The quantitative estimate of drug-likeness (QED) is 0.563. The number of aryl methyl sites for hydroxylation is 1. The van der Waals surface area contributed by atoms with Gasteiger partial charge in [-0.1, -0.05) is 0 Å². The van der Waals surface area contributed by atoms with E-state index in [1.807, 2.05) is 0 Å². The lowest BCUT2D eigenvalue weighted by Crippen LogP contribution is -2.31. The van der Waals surface area contributed by atoms with Crippen molar-refractivity contribution in [3.63, 3.8) is 0 Å². The topological polar surface area (TPSA) is 87.7 Å². The first kappa shape index (κ1) is 22.8. The Hall–Kier alpha value is -1.22. The molecule has 0 aromatic heterocycles. The summed E-state index contributed by atoms with van der Waals surface area (Å²) in [7, 11) is 0.576. The summed E-state index contributed by atoms with van der Waals surface area (Å²) in [6.45, 7) is 1.99. The summed E-state index contributed by atoms with van der Waals surface area (Å²) in [4.78, 5) is 12.5. The van der Waals surface area contributed by atoms with Crippen molar-refractivity contribution in [1.82, 2.24) is 9.62 Å². The molecule has 0 radical (unpaired) electrons. The molecule has 1 aromatic carbocycles. The molecular weight excluding hydrogens is 401 g/mol. The largest absolute Gasteiger partial charge is 0.496 e. The third-order valence-electron chi connectivity index (χ3n) is 3.65. The van der Waals surface area contributed by atoms with E-state index in [0.29, 0.717) is 29.3 Å². The molecule has 1 unspecified atom stereocenters. The summed E-state index contributed by atoms with van der Waals surface area (Å²) < 4.78 is 32.9. The predicted octanol–water partition coefficient (Wildman–Crippen LogP) is 2.58. The van der Waals surface area contributed by atoms with Crippen LogP contribution in [0.2, 0.25) is 0 Å². The number of benzene rings is 1. The van der Waals surface area contributed by atoms with Gasteiger partial charge in [-0.05, 0) is 37.5 Å². The fourth-order valence-corrected chi connectivity index (χ4v) is 3.13. The van der Waals surface area contributed by atoms with Gasteiger partial charge >= 0.3 is 10.2 Å². The number of rotatable bonds is 10. The Morgan fingerprint density at radius 3 is 2.54 bits per heavy atom. The molecule has 0 spiro atoms. The van der Waals surface area contributed by atoms with Crippen LogP contribution in [0.5, 0.6) is 5.75 Å². The van der Waals surface area contributed by atoms with E-state index < -0.39 is 16.1 Å². The average Bonchev–Trinajstić information content (AvgIpc) is 2.58. The van der Waals surface area contributed by atoms with Crippen LogP contribution >= 0.6 is 23.2 Å². The van der Waals surface area contributed by atoms with Crippen LogP contribution in [0.15, 0.2) is 12.1 Å². The number of amides is 1. The van der Waals surface area contributed by atoms with Gasteiger partial charge in [-0.3, -0.25) is 9.52 Å². The molecule has 1 atom stereocenters. The van der Waals surface area contributed by atoms with Crippen LogP contribution < -0.4 is 14.8 Å². The van der Waals surface area contributed by atoms with Crippen molar-refractivity contribution in [3.05, 3.63) is 23.3 Å². The van der Waals surface area contributed by atoms with Gasteiger partial charge in [0.15, 0.2) is 0 Å². The van der Waals surface area contributed by atoms with Crippen molar-refractivity contribution in [1.29, 1.82) is 0 Å². The van der Waals surface area contributed by atoms with E-state index in [2.05, 4.69) is 10.0 Å². The Morgan fingerprint density at radius 1 is 1.35 bits per heavy atom. The van der Waals surface area contributed by atoms with Crippen LogP contribution in [-0.4, -0.2) is 57.6 Å². The van der Waals surface area contributed by atoms with Crippen molar-refractivity contribution in [2.75, 3.05) is 38.4 Å². The third-order valence-corrected chi connectivity index (χ3v) is 5.72. The van der Waals surface area contributed by atoms with Crippen LogP contribution in [0.1, 0.15) is 28.8 Å². The first-order valence-electron chi connectivity index (χ1n) is 7.99. The molecule has 0 aliphatic heterocycles. The Morgan fingerprint density at radius 2 is 2.00 bits per heavy atom. The molecule has 0 bridgehead atoms.